The highest BCUT2D eigenvalue weighted by atomic mass is 16.2. The SMILES string of the molecule is CCCCN1C(=O)c2ccc(C(=O)N3CCC(C(=O)Nc4ccccn4)CC3)cc2C1=O. The van der Waals surface area contributed by atoms with Crippen molar-refractivity contribution < 1.29 is 19.2 Å². The zero-order valence-corrected chi connectivity index (χ0v) is 18.0. The van der Waals surface area contributed by atoms with Crippen LogP contribution < -0.4 is 5.32 Å². The molecule has 1 fully saturated rings. The minimum Gasteiger partial charge on any atom is -0.339 e. The average molecular weight is 434 g/mol. The summed E-state index contributed by atoms with van der Waals surface area (Å²) in [7, 11) is 0. The number of rotatable bonds is 6. The molecule has 4 rings (SSSR count). The Kier molecular flexibility index (Phi) is 6.30. The summed E-state index contributed by atoms with van der Waals surface area (Å²) in [5.41, 5.74) is 1.03. The number of piperidine rings is 1. The fourth-order valence-corrected chi connectivity index (χ4v) is 4.14. The number of nitrogens with zero attached hydrogens (tertiary/aromatic N) is 3. The Hall–Kier alpha value is -3.55. The molecule has 4 amide bonds. The van der Waals surface area contributed by atoms with Gasteiger partial charge in [-0.15, -0.1) is 0 Å². The summed E-state index contributed by atoms with van der Waals surface area (Å²) in [5.74, 6) is -0.586. The molecule has 0 saturated carbocycles. The van der Waals surface area contributed by atoms with Crippen LogP contribution in [0.3, 0.4) is 0 Å². The van der Waals surface area contributed by atoms with Gasteiger partial charge < -0.3 is 10.2 Å². The topological polar surface area (TPSA) is 99.7 Å². The highest BCUT2D eigenvalue weighted by Gasteiger charge is 2.36. The molecule has 0 aliphatic carbocycles. The molecule has 166 valence electrons. The predicted molar refractivity (Wildman–Crippen MR) is 118 cm³/mol. The maximum Gasteiger partial charge on any atom is 0.261 e. The summed E-state index contributed by atoms with van der Waals surface area (Å²) in [4.78, 5) is 57.7. The Morgan fingerprint density at radius 3 is 2.50 bits per heavy atom. The Balaban J connectivity index is 1.38. The van der Waals surface area contributed by atoms with E-state index in [1.165, 1.54) is 11.0 Å². The first-order valence-electron chi connectivity index (χ1n) is 11.0. The van der Waals surface area contributed by atoms with Crippen LogP contribution in [0.1, 0.15) is 63.7 Å². The third-order valence-electron chi connectivity index (χ3n) is 6.02. The normalized spacial score (nSPS) is 16.3. The number of aromatic nitrogens is 1. The first kappa shape index (κ1) is 21.7. The van der Waals surface area contributed by atoms with Crippen molar-refractivity contribution in [2.75, 3.05) is 25.0 Å². The van der Waals surface area contributed by atoms with Crippen molar-refractivity contribution >= 4 is 29.4 Å². The van der Waals surface area contributed by atoms with Crippen LogP contribution in [0.5, 0.6) is 0 Å². The van der Waals surface area contributed by atoms with Crippen molar-refractivity contribution in [1.82, 2.24) is 14.8 Å². The number of fused-ring (bicyclic) bond motifs is 1. The van der Waals surface area contributed by atoms with Crippen molar-refractivity contribution in [2.24, 2.45) is 5.92 Å². The minimum atomic E-state index is -0.335. The average Bonchev–Trinajstić information content (AvgIpc) is 3.07. The molecule has 0 spiro atoms. The standard InChI is InChI=1S/C24H26N4O4/c1-2-3-12-28-23(31)18-8-7-17(15-19(18)24(28)32)22(30)27-13-9-16(10-14-27)21(29)26-20-6-4-5-11-25-20/h4-8,11,15-16H,2-3,9-10,12-14H2,1H3,(H,25,26,29). The van der Waals surface area contributed by atoms with E-state index in [1.54, 1.807) is 35.4 Å². The van der Waals surface area contributed by atoms with E-state index < -0.39 is 0 Å². The number of amides is 4. The lowest BCUT2D eigenvalue weighted by Crippen LogP contribution is -2.41. The van der Waals surface area contributed by atoms with Crippen LogP contribution in [0.2, 0.25) is 0 Å². The van der Waals surface area contributed by atoms with Crippen molar-refractivity contribution in [2.45, 2.75) is 32.6 Å². The van der Waals surface area contributed by atoms with E-state index in [0.29, 0.717) is 55.0 Å². The zero-order valence-electron chi connectivity index (χ0n) is 18.0. The number of likely N-dealkylation sites (tertiary alicyclic amines) is 1. The molecule has 8 heteroatoms. The van der Waals surface area contributed by atoms with Gasteiger partial charge in [0.15, 0.2) is 0 Å². The lowest BCUT2D eigenvalue weighted by molar-refractivity contribution is -0.121. The Morgan fingerprint density at radius 2 is 1.81 bits per heavy atom. The molecule has 0 atom stereocenters. The zero-order chi connectivity index (χ0) is 22.7. The lowest BCUT2D eigenvalue weighted by atomic mass is 9.95. The molecule has 8 nitrogen and oxygen atoms in total. The largest absolute Gasteiger partial charge is 0.339 e. The number of benzene rings is 1. The summed E-state index contributed by atoms with van der Waals surface area (Å²) in [6.45, 7) is 3.29. The number of anilines is 1. The van der Waals surface area contributed by atoms with Gasteiger partial charge >= 0.3 is 0 Å². The number of nitrogens with one attached hydrogen (secondary N) is 1. The van der Waals surface area contributed by atoms with Crippen molar-refractivity contribution in [3.63, 3.8) is 0 Å². The molecule has 0 radical (unpaired) electrons. The van der Waals surface area contributed by atoms with Crippen LogP contribution in [0.15, 0.2) is 42.6 Å². The Labute approximate surface area is 186 Å². The van der Waals surface area contributed by atoms with Gasteiger partial charge in [0.25, 0.3) is 17.7 Å². The fourth-order valence-electron chi connectivity index (χ4n) is 4.14. The molecular weight excluding hydrogens is 408 g/mol. The quantitative estimate of drug-likeness (QED) is 0.705. The van der Waals surface area contributed by atoms with Gasteiger partial charge in [-0.25, -0.2) is 4.98 Å². The molecule has 0 unspecified atom stereocenters. The summed E-state index contributed by atoms with van der Waals surface area (Å²) >= 11 is 0. The number of carbonyl (C=O) groups excluding carboxylic acids is 4. The number of pyridine rings is 1. The van der Waals surface area contributed by atoms with Crippen molar-refractivity contribution in [1.29, 1.82) is 0 Å². The molecule has 3 heterocycles. The minimum absolute atomic E-state index is 0.0930. The van der Waals surface area contributed by atoms with Crippen LogP contribution in [0, 0.1) is 5.92 Å². The summed E-state index contributed by atoms with van der Waals surface area (Å²) in [6, 6.07) is 10.0. The van der Waals surface area contributed by atoms with Crippen molar-refractivity contribution in [3.8, 4) is 0 Å². The van der Waals surface area contributed by atoms with E-state index in [2.05, 4.69) is 10.3 Å². The first-order chi connectivity index (χ1) is 15.5. The molecule has 0 bridgehead atoms. The molecule has 2 aromatic rings. The van der Waals surface area contributed by atoms with Gasteiger partial charge in [-0.2, -0.15) is 0 Å². The van der Waals surface area contributed by atoms with Crippen LogP contribution in [0.25, 0.3) is 0 Å². The summed E-state index contributed by atoms with van der Waals surface area (Å²) in [5, 5.41) is 2.82. The van der Waals surface area contributed by atoms with Crippen LogP contribution >= 0.6 is 0 Å². The van der Waals surface area contributed by atoms with E-state index in [-0.39, 0.29) is 29.5 Å². The summed E-state index contributed by atoms with van der Waals surface area (Å²) in [6.07, 6.45) is 4.36. The second kappa shape index (κ2) is 9.30. The second-order valence-corrected chi connectivity index (χ2v) is 8.15. The maximum atomic E-state index is 13.0. The molecule has 1 aromatic heterocycles. The van der Waals surface area contributed by atoms with Gasteiger partial charge in [0.1, 0.15) is 5.82 Å². The molecule has 2 aliphatic rings. The number of imide groups is 1. The molecule has 32 heavy (non-hydrogen) atoms. The molecule has 1 saturated heterocycles. The van der Waals surface area contributed by atoms with Gasteiger partial charge in [-0.3, -0.25) is 24.1 Å². The summed E-state index contributed by atoms with van der Waals surface area (Å²) < 4.78 is 0. The van der Waals surface area contributed by atoms with E-state index in [0.717, 1.165) is 12.8 Å². The third-order valence-corrected chi connectivity index (χ3v) is 6.02. The predicted octanol–water partition coefficient (Wildman–Crippen LogP) is 2.97. The Morgan fingerprint density at radius 1 is 1.06 bits per heavy atom. The number of carbonyl (C=O) groups is 4. The third kappa shape index (κ3) is 4.26. The van der Waals surface area contributed by atoms with Gasteiger partial charge in [-0.1, -0.05) is 19.4 Å². The fraction of sp³-hybridized carbons (Fsp3) is 0.375. The molecular formula is C24H26N4O4. The number of unbranched alkanes of at least 4 members (excludes halogenated alkanes) is 1. The maximum absolute atomic E-state index is 13.0. The van der Waals surface area contributed by atoms with E-state index in [4.69, 9.17) is 0 Å². The van der Waals surface area contributed by atoms with Crippen LogP contribution in [-0.2, 0) is 4.79 Å². The van der Waals surface area contributed by atoms with Crippen LogP contribution in [-0.4, -0.2) is 58.0 Å². The van der Waals surface area contributed by atoms with Gasteiger partial charge in [0, 0.05) is 37.3 Å². The van der Waals surface area contributed by atoms with Crippen LogP contribution in [0.4, 0.5) is 5.82 Å². The smallest absolute Gasteiger partial charge is 0.261 e. The van der Waals surface area contributed by atoms with E-state index in [9.17, 15) is 19.2 Å². The Bertz CT molecular complexity index is 1050. The van der Waals surface area contributed by atoms with E-state index >= 15 is 0 Å². The highest BCUT2D eigenvalue weighted by Crippen LogP contribution is 2.26. The van der Waals surface area contributed by atoms with Gasteiger partial charge in [0.2, 0.25) is 5.91 Å². The number of hydrogen-bond acceptors (Lipinski definition) is 5. The number of hydrogen-bond donors (Lipinski definition) is 1. The van der Waals surface area contributed by atoms with Gasteiger partial charge in [-0.05, 0) is 49.6 Å². The molecule has 1 N–H and O–H groups in total. The second-order valence-electron chi connectivity index (χ2n) is 8.15. The highest BCUT2D eigenvalue weighted by molar-refractivity contribution is 6.22. The monoisotopic (exact) mass is 434 g/mol. The first-order valence-corrected chi connectivity index (χ1v) is 11.0. The molecule has 2 aliphatic heterocycles. The molecule has 1 aromatic carbocycles. The van der Waals surface area contributed by atoms with Crippen molar-refractivity contribution in [3.05, 3.63) is 59.3 Å². The lowest BCUT2D eigenvalue weighted by Gasteiger charge is -2.31. The van der Waals surface area contributed by atoms with E-state index in [1.807, 2.05) is 13.0 Å². The van der Waals surface area contributed by atoms with Gasteiger partial charge in [0.05, 0.1) is 11.1 Å².